The zero-order valence-corrected chi connectivity index (χ0v) is 19.5. The fourth-order valence-corrected chi connectivity index (χ4v) is 5.51. The monoisotopic (exact) mass is 457 g/mol. The summed E-state index contributed by atoms with van der Waals surface area (Å²) < 4.78 is 28.5. The van der Waals surface area contributed by atoms with E-state index in [1.807, 2.05) is 38.4 Å². The van der Waals surface area contributed by atoms with Gasteiger partial charge in [-0.3, -0.25) is 4.79 Å². The van der Waals surface area contributed by atoms with Crippen LogP contribution >= 0.6 is 11.3 Å². The number of hydrogen-bond acceptors (Lipinski definition) is 5. The third kappa shape index (κ3) is 6.48. The smallest absolute Gasteiger partial charge is 0.250 e. The van der Waals surface area contributed by atoms with Gasteiger partial charge in [0, 0.05) is 24.9 Å². The number of carbonyl (C=O) groups excluding carboxylic acids is 1. The van der Waals surface area contributed by atoms with E-state index in [1.54, 1.807) is 12.1 Å². The Morgan fingerprint density at radius 3 is 2.35 bits per heavy atom. The third-order valence-corrected chi connectivity index (χ3v) is 7.63. The van der Waals surface area contributed by atoms with Crippen LogP contribution in [0.15, 0.2) is 64.9 Å². The summed E-state index contributed by atoms with van der Waals surface area (Å²) in [6.07, 6.45) is 0. The lowest BCUT2D eigenvalue weighted by Crippen LogP contribution is -2.22. The lowest BCUT2D eigenvalue weighted by molar-refractivity contribution is -0.119. The molecule has 2 N–H and O–H groups in total. The van der Waals surface area contributed by atoms with Crippen molar-refractivity contribution in [1.29, 1.82) is 0 Å². The van der Waals surface area contributed by atoms with Crippen molar-refractivity contribution in [3.8, 4) is 11.1 Å². The summed E-state index contributed by atoms with van der Waals surface area (Å²) in [5.74, 6) is -0.151. The first-order chi connectivity index (χ1) is 14.7. The van der Waals surface area contributed by atoms with Crippen LogP contribution in [-0.2, 0) is 34.5 Å². The lowest BCUT2D eigenvalue weighted by atomic mass is 9.99. The second kappa shape index (κ2) is 10.2. The van der Waals surface area contributed by atoms with Crippen LogP contribution in [0.2, 0.25) is 0 Å². The molecule has 0 aliphatic rings. The first-order valence-corrected chi connectivity index (χ1v) is 12.2. The average Bonchev–Trinajstić information content (AvgIpc) is 3.21. The second-order valence-corrected chi connectivity index (χ2v) is 10.7. The fraction of sp³-hybridized carbons (Fsp3) is 0.261. The largest absolute Gasteiger partial charge is 0.351 e. The van der Waals surface area contributed by atoms with Gasteiger partial charge >= 0.3 is 0 Å². The number of nitrogens with zero attached hydrogens (tertiary/aromatic N) is 1. The van der Waals surface area contributed by atoms with Crippen molar-refractivity contribution >= 4 is 27.3 Å². The maximum atomic E-state index is 12.8. The van der Waals surface area contributed by atoms with Gasteiger partial charge in [-0.25, -0.2) is 13.1 Å². The molecule has 1 heterocycles. The van der Waals surface area contributed by atoms with Crippen LogP contribution in [0.5, 0.6) is 0 Å². The molecule has 2 aromatic carbocycles. The molecule has 3 rings (SSSR count). The van der Waals surface area contributed by atoms with Gasteiger partial charge in [-0.05, 0) is 48.5 Å². The van der Waals surface area contributed by atoms with Crippen LogP contribution in [-0.4, -0.2) is 33.3 Å². The van der Waals surface area contributed by atoms with Gasteiger partial charge < -0.3 is 10.2 Å². The Labute approximate surface area is 188 Å². The van der Waals surface area contributed by atoms with Crippen LogP contribution in [0, 0.1) is 0 Å². The highest BCUT2D eigenvalue weighted by molar-refractivity contribution is 7.91. The Morgan fingerprint density at radius 2 is 1.68 bits per heavy atom. The minimum Gasteiger partial charge on any atom is -0.351 e. The number of hydrogen-bond donors (Lipinski definition) is 2. The molecule has 8 heteroatoms. The molecular formula is C23H27N3O3S2. The van der Waals surface area contributed by atoms with E-state index in [0.717, 1.165) is 39.4 Å². The van der Waals surface area contributed by atoms with Crippen molar-refractivity contribution in [2.45, 2.75) is 30.8 Å². The number of amides is 1. The van der Waals surface area contributed by atoms with Crippen LogP contribution in [0.3, 0.4) is 0 Å². The van der Waals surface area contributed by atoms with Gasteiger partial charge in [0.1, 0.15) is 4.21 Å². The standard InChI is InChI=1S/C23H27N3O3S2/c1-17(27)24-15-21-12-13-23(30-21)31(28,29)25-14-20-6-4-5-7-22(20)19-10-8-18(9-11-19)16-26(2)3/h4-13,25H,14-16H2,1-3H3,(H,24,27). The van der Waals surface area contributed by atoms with E-state index in [4.69, 9.17) is 0 Å². The Hall–Kier alpha value is -2.52. The van der Waals surface area contributed by atoms with Crippen molar-refractivity contribution in [3.05, 3.63) is 76.7 Å². The van der Waals surface area contributed by atoms with Crippen molar-refractivity contribution < 1.29 is 13.2 Å². The van der Waals surface area contributed by atoms with Gasteiger partial charge in [0.25, 0.3) is 0 Å². The number of sulfonamides is 1. The van der Waals surface area contributed by atoms with Gasteiger partial charge in [-0.15, -0.1) is 11.3 Å². The first kappa shape index (κ1) is 23.1. The first-order valence-electron chi connectivity index (χ1n) is 9.89. The van der Waals surface area contributed by atoms with E-state index < -0.39 is 10.0 Å². The molecule has 0 saturated carbocycles. The number of nitrogens with one attached hydrogen (secondary N) is 2. The molecule has 164 valence electrons. The molecule has 0 atom stereocenters. The maximum Gasteiger partial charge on any atom is 0.250 e. The molecule has 31 heavy (non-hydrogen) atoms. The highest BCUT2D eigenvalue weighted by Crippen LogP contribution is 2.26. The van der Waals surface area contributed by atoms with E-state index in [1.165, 1.54) is 12.5 Å². The molecule has 0 saturated heterocycles. The summed E-state index contributed by atoms with van der Waals surface area (Å²) in [5.41, 5.74) is 4.17. The quantitative estimate of drug-likeness (QED) is 0.515. The molecule has 1 aromatic heterocycles. The molecule has 0 aliphatic heterocycles. The highest BCUT2D eigenvalue weighted by Gasteiger charge is 2.17. The topological polar surface area (TPSA) is 78.5 Å². The minimum atomic E-state index is -3.65. The molecule has 0 unspecified atom stereocenters. The zero-order valence-electron chi connectivity index (χ0n) is 17.9. The third-order valence-electron chi connectivity index (χ3n) is 4.65. The summed E-state index contributed by atoms with van der Waals surface area (Å²) >= 11 is 1.15. The van der Waals surface area contributed by atoms with Crippen LogP contribution < -0.4 is 10.0 Å². The van der Waals surface area contributed by atoms with Gasteiger partial charge in [-0.2, -0.15) is 0 Å². The molecular weight excluding hydrogens is 430 g/mol. The summed E-state index contributed by atoms with van der Waals surface area (Å²) in [6, 6.07) is 19.4. The number of thiophene rings is 1. The zero-order chi connectivity index (χ0) is 22.4. The van der Waals surface area contributed by atoms with Gasteiger partial charge in [0.2, 0.25) is 15.9 Å². The molecule has 0 radical (unpaired) electrons. The van der Waals surface area contributed by atoms with E-state index in [0.29, 0.717) is 6.54 Å². The highest BCUT2D eigenvalue weighted by atomic mass is 32.2. The van der Waals surface area contributed by atoms with E-state index in [2.05, 4.69) is 39.2 Å². The predicted molar refractivity (Wildman–Crippen MR) is 125 cm³/mol. The van der Waals surface area contributed by atoms with Crippen molar-refractivity contribution in [2.75, 3.05) is 14.1 Å². The molecule has 0 aliphatic carbocycles. The Kier molecular flexibility index (Phi) is 7.61. The number of carbonyl (C=O) groups is 1. The molecule has 6 nitrogen and oxygen atoms in total. The molecule has 0 bridgehead atoms. The Bertz CT molecular complexity index is 1140. The average molecular weight is 458 g/mol. The fourth-order valence-electron chi connectivity index (χ4n) is 3.16. The van der Waals surface area contributed by atoms with Crippen LogP contribution in [0.4, 0.5) is 0 Å². The molecule has 3 aromatic rings. The van der Waals surface area contributed by atoms with Gasteiger partial charge in [0.15, 0.2) is 0 Å². The van der Waals surface area contributed by atoms with Crippen molar-refractivity contribution in [2.24, 2.45) is 0 Å². The van der Waals surface area contributed by atoms with Crippen LogP contribution in [0.25, 0.3) is 11.1 Å². The van der Waals surface area contributed by atoms with E-state index in [9.17, 15) is 13.2 Å². The normalized spacial score (nSPS) is 11.6. The van der Waals surface area contributed by atoms with E-state index in [-0.39, 0.29) is 16.7 Å². The van der Waals surface area contributed by atoms with Gasteiger partial charge in [0.05, 0.1) is 6.54 Å². The maximum absolute atomic E-state index is 12.8. The number of rotatable bonds is 9. The molecule has 0 spiro atoms. The van der Waals surface area contributed by atoms with Crippen molar-refractivity contribution in [3.63, 3.8) is 0 Å². The summed E-state index contributed by atoms with van der Waals surface area (Å²) in [4.78, 5) is 14.0. The SMILES string of the molecule is CC(=O)NCc1ccc(S(=O)(=O)NCc2ccccc2-c2ccc(CN(C)C)cc2)s1. The molecule has 0 fully saturated rings. The molecule has 1 amide bonds. The van der Waals surface area contributed by atoms with Crippen molar-refractivity contribution in [1.82, 2.24) is 14.9 Å². The van der Waals surface area contributed by atoms with Crippen LogP contribution in [0.1, 0.15) is 22.9 Å². The second-order valence-electron chi connectivity index (χ2n) is 7.55. The van der Waals surface area contributed by atoms with E-state index >= 15 is 0 Å². The summed E-state index contributed by atoms with van der Waals surface area (Å²) in [5, 5.41) is 2.68. The predicted octanol–water partition coefficient (Wildman–Crippen LogP) is 3.59. The lowest BCUT2D eigenvalue weighted by Gasteiger charge is -2.13. The Morgan fingerprint density at radius 1 is 0.968 bits per heavy atom. The Balaban J connectivity index is 1.73. The minimum absolute atomic E-state index is 0.151. The van der Waals surface area contributed by atoms with Gasteiger partial charge in [-0.1, -0.05) is 48.5 Å². The summed E-state index contributed by atoms with van der Waals surface area (Å²) in [7, 11) is 0.422. The number of benzene rings is 2. The summed E-state index contributed by atoms with van der Waals surface area (Å²) in [6.45, 7) is 2.81.